The zero-order valence-electron chi connectivity index (χ0n) is 7.93. The molecule has 1 saturated heterocycles. The van der Waals surface area contributed by atoms with Crippen molar-refractivity contribution in [3.8, 4) is 0 Å². The first kappa shape index (κ1) is 9.57. The van der Waals surface area contributed by atoms with Crippen LogP contribution >= 0.6 is 0 Å². The zero-order chi connectivity index (χ0) is 10.7. The summed E-state index contributed by atoms with van der Waals surface area (Å²) in [7, 11) is 0. The topological polar surface area (TPSA) is 84.0 Å². The second-order valence-electron chi connectivity index (χ2n) is 3.27. The molecule has 0 radical (unpaired) electrons. The summed E-state index contributed by atoms with van der Waals surface area (Å²) in [6.45, 7) is 0.477. The molecule has 0 saturated carbocycles. The average molecular weight is 206 g/mol. The van der Waals surface area contributed by atoms with Crippen LogP contribution in [0, 0.1) is 0 Å². The number of nitrogens with one attached hydrogen (secondary N) is 2. The van der Waals surface area contributed by atoms with Gasteiger partial charge in [-0.15, -0.1) is 0 Å². The van der Waals surface area contributed by atoms with Gasteiger partial charge in [-0.25, -0.2) is 4.98 Å². The molecule has 1 aromatic rings. The predicted octanol–water partition coefficient (Wildman–Crippen LogP) is -0.905. The minimum absolute atomic E-state index is 0.0422. The van der Waals surface area contributed by atoms with Gasteiger partial charge in [0.25, 0.3) is 5.91 Å². The highest BCUT2D eigenvalue weighted by Crippen LogP contribution is 2.00. The molecule has 6 nitrogen and oxygen atoms in total. The third-order valence-corrected chi connectivity index (χ3v) is 2.11. The van der Waals surface area contributed by atoms with E-state index in [0.29, 0.717) is 13.0 Å². The summed E-state index contributed by atoms with van der Waals surface area (Å²) < 4.78 is 0. The molecule has 1 aromatic heterocycles. The van der Waals surface area contributed by atoms with Crippen LogP contribution < -0.4 is 10.6 Å². The maximum atomic E-state index is 11.6. The molecule has 2 amide bonds. The Balaban J connectivity index is 1.96. The lowest BCUT2D eigenvalue weighted by Gasteiger charge is -2.08. The average Bonchev–Trinajstić information content (AvgIpc) is 2.65. The van der Waals surface area contributed by atoms with E-state index in [9.17, 15) is 9.59 Å². The van der Waals surface area contributed by atoms with Gasteiger partial charge in [0.05, 0.1) is 12.2 Å². The van der Waals surface area contributed by atoms with Gasteiger partial charge < -0.3 is 10.6 Å². The van der Waals surface area contributed by atoms with E-state index in [1.807, 2.05) is 0 Å². The summed E-state index contributed by atoms with van der Waals surface area (Å²) in [5.74, 6) is -0.343. The fraction of sp³-hybridized carbons (Fsp3) is 0.333. The smallest absolute Gasteiger partial charge is 0.271 e. The fourth-order valence-electron chi connectivity index (χ4n) is 1.38. The van der Waals surface area contributed by atoms with E-state index < -0.39 is 0 Å². The highest BCUT2D eigenvalue weighted by atomic mass is 16.2. The first-order valence-corrected chi connectivity index (χ1v) is 4.59. The number of carbonyl (C=O) groups excluding carboxylic acids is 2. The van der Waals surface area contributed by atoms with E-state index in [-0.39, 0.29) is 23.6 Å². The maximum Gasteiger partial charge on any atom is 0.271 e. The van der Waals surface area contributed by atoms with Crippen LogP contribution in [0.15, 0.2) is 18.6 Å². The molecular formula is C9H10N4O2. The number of carbonyl (C=O) groups is 2. The van der Waals surface area contributed by atoms with Crippen molar-refractivity contribution in [1.82, 2.24) is 20.6 Å². The van der Waals surface area contributed by atoms with E-state index >= 15 is 0 Å². The predicted molar refractivity (Wildman–Crippen MR) is 50.9 cm³/mol. The second kappa shape index (κ2) is 4.04. The highest BCUT2D eigenvalue weighted by Gasteiger charge is 2.23. The van der Waals surface area contributed by atoms with Gasteiger partial charge >= 0.3 is 0 Å². The van der Waals surface area contributed by atoms with E-state index in [1.54, 1.807) is 0 Å². The Morgan fingerprint density at radius 3 is 3.00 bits per heavy atom. The summed E-state index contributed by atoms with van der Waals surface area (Å²) in [4.78, 5) is 30.1. The van der Waals surface area contributed by atoms with Crippen LogP contribution in [0.4, 0.5) is 0 Å². The first-order valence-electron chi connectivity index (χ1n) is 4.59. The van der Waals surface area contributed by atoms with Crippen LogP contribution in [0.25, 0.3) is 0 Å². The number of aromatic nitrogens is 2. The van der Waals surface area contributed by atoms with Gasteiger partial charge in [-0.2, -0.15) is 0 Å². The second-order valence-corrected chi connectivity index (χ2v) is 3.27. The van der Waals surface area contributed by atoms with Gasteiger partial charge in [-0.1, -0.05) is 0 Å². The Bertz CT molecular complexity index is 379. The zero-order valence-corrected chi connectivity index (χ0v) is 7.93. The molecule has 78 valence electrons. The van der Waals surface area contributed by atoms with Crippen molar-refractivity contribution < 1.29 is 9.59 Å². The first-order chi connectivity index (χ1) is 7.25. The molecule has 1 unspecified atom stereocenters. The lowest BCUT2D eigenvalue weighted by Crippen LogP contribution is -2.36. The molecule has 1 aliphatic heterocycles. The molecule has 0 bridgehead atoms. The van der Waals surface area contributed by atoms with Crippen molar-refractivity contribution in [2.45, 2.75) is 12.5 Å². The van der Waals surface area contributed by atoms with E-state index in [0.717, 1.165) is 0 Å². The molecule has 1 fully saturated rings. The molecule has 15 heavy (non-hydrogen) atoms. The van der Waals surface area contributed by atoms with Gasteiger partial charge in [0.1, 0.15) is 5.69 Å². The molecule has 2 N–H and O–H groups in total. The highest BCUT2D eigenvalue weighted by molar-refractivity contribution is 5.92. The minimum atomic E-state index is -0.301. The number of nitrogens with zero attached hydrogens (tertiary/aromatic N) is 2. The van der Waals surface area contributed by atoms with Crippen molar-refractivity contribution >= 4 is 11.8 Å². The largest absolute Gasteiger partial charge is 0.354 e. The molecule has 0 aromatic carbocycles. The van der Waals surface area contributed by atoms with E-state index in [1.165, 1.54) is 18.6 Å². The van der Waals surface area contributed by atoms with Crippen LogP contribution in [-0.4, -0.2) is 34.4 Å². The van der Waals surface area contributed by atoms with Gasteiger partial charge in [-0.3, -0.25) is 14.6 Å². The van der Waals surface area contributed by atoms with Crippen molar-refractivity contribution in [3.05, 3.63) is 24.3 Å². The monoisotopic (exact) mass is 206 g/mol. The van der Waals surface area contributed by atoms with Crippen LogP contribution in [0.2, 0.25) is 0 Å². The molecule has 0 aliphatic carbocycles. The number of hydrogen-bond acceptors (Lipinski definition) is 4. The van der Waals surface area contributed by atoms with Crippen LogP contribution in [-0.2, 0) is 4.79 Å². The molecule has 2 rings (SSSR count). The van der Waals surface area contributed by atoms with Crippen molar-refractivity contribution in [2.75, 3.05) is 6.54 Å². The van der Waals surface area contributed by atoms with Gasteiger partial charge in [-0.05, 0) is 0 Å². The third kappa shape index (κ3) is 2.28. The third-order valence-electron chi connectivity index (χ3n) is 2.11. The summed E-state index contributed by atoms with van der Waals surface area (Å²) in [5.41, 5.74) is 0.261. The van der Waals surface area contributed by atoms with Crippen molar-refractivity contribution in [3.63, 3.8) is 0 Å². The van der Waals surface area contributed by atoms with Gasteiger partial charge in [0, 0.05) is 25.4 Å². The fourth-order valence-corrected chi connectivity index (χ4v) is 1.38. The standard InChI is InChI=1S/C9H10N4O2/c14-8-3-6(4-12-8)13-9(15)7-5-10-1-2-11-7/h1-2,5-6H,3-4H2,(H,12,14)(H,13,15). The van der Waals surface area contributed by atoms with Crippen LogP contribution in [0.5, 0.6) is 0 Å². The summed E-state index contributed by atoms with van der Waals surface area (Å²) >= 11 is 0. The minimum Gasteiger partial charge on any atom is -0.354 e. The maximum absolute atomic E-state index is 11.6. The van der Waals surface area contributed by atoms with Crippen LogP contribution in [0.1, 0.15) is 16.9 Å². The number of rotatable bonds is 2. The Labute approximate surface area is 86.1 Å². The lowest BCUT2D eigenvalue weighted by molar-refractivity contribution is -0.119. The van der Waals surface area contributed by atoms with Gasteiger partial charge in [0.15, 0.2) is 0 Å². The Morgan fingerprint density at radius 1 is 1.53 bits per heavy atom. The Morgan fingerprint density at radius 2 is 2.40 bits per heavy atom. The number of amides is 2. The molecule has 1 atom stereocenters. The Hall–Kier alpha value is -1.98. The SMILES string of the molecule is O=C1CC(NC(=O)c2cnccn2)CN1. The molecule has 1 aliphatic rings. The quantitative estimate of drug-likeness (QED) is 0.656. The lowest BCUT2D eigenvalue weighted by atomic mass is 10.2. The number of hydrogen-bond donors (Lipinski definition) is 2. The van der Waals surface area contributed by atoms with Gasteiger partial charge in [0.2, 0.25) is 5.91 Å². The van der Waals surface area contributed by atoms with Crippen LogP contribution in [0.3, 0.4) is 0 Å². The molecule has 6 heteroatoms. The van der Waals surface area contributed by atoms with Crippen molar-refractivity contribution in [2.24, 2.45) is 0 Å². The van der Waals surface area contributed by atoms with Crippen molar-refractivity contribution in [1.29, 1.82) is 0 Å². The molecule has 2 heterocycles. The molecule has 0 spiro atoms. The summed E-state index contributed by atoms with van der Waals surface area (Å²) in [6, 6.07) is -0.146. The summed E-state index contributed by atoms with van der Waals surface area (Å²) in [6.07, 6.45) is 4.66. The Kier molecular flexibility index (Phi) is 2.57. The summed E-state index contributed by atoms with van der Waals surface area (Å²) in [5, 5.41) is 5.34. The molecular weight excluding hydrogens is 196 g/mol. The van der Waals surface area contributed by atoms with E-state index in [4.69, 9.17) is 0 Å². The normalized spacial score (nSPS) is 19.7. The van der Waals surface area contributed by atoms with E-state index in [2.05, 4.69) is 20.6 Å².